The zero-order valence-corrected chi connectivity index (χ0v) is 14.1. The molecule has 2 rings (SSSR count). The van der Waals surface area contributed by atoms with Gasteiger partial charge in [0.25, 0.3) is 0 Å². The quantitative estimate of drug-likeness (QED) is 0.569. The topological polar surface area (TPSA) is 46.6 Å². The van der Waals surface area contributed by atoms with E-state index in [-0.39, 0.29) is 23.8 Å². The van der Waals surface area contributed by atoms with Crippen LogP contribution < -0.4 is 0 Å². The van der Waals surface area contributed by atoms with Gasteiger partial charge in [-0.15, -0.1) is 23.1 Å². The molecule has 0 spiro atoms. The predicted octanol–water partition coefficient (Wildman–Crippen LogP) is 3.36. The number of hydrogen-bond acceptors (Lipinski definition) is 5. The van der Waals surface area contributed by atoms with E-state index < -0.39 is 0 Å². The van der Waals surface area contributed by atoms with Gasteiger partial charge in [-0.25, -0.2) is 0 Å². The number of carbonyl (C=O) groups is 2. The van der Waals surface area contributed by atoms with E-state index in [9.17, 15) is 9.59 Å². The van der Waals surface area contributed by atoms with Crippen LogP contribution in [-0.2, 0) is 14.3 Å². The van der Waals surface area contributed by atoms with E-state index in [2.05, 4.69) is 6.92 Å². The van der Waals surface area contributed by atoms with Gasteiger partial charge in [0.15, 0.2) is 0 Å². The highest BCUT2D eigenvalue weighted by atomic mass is 32.2. The number of rotatable bonds is 7. The fourth-order valence-corrected chi connectivity index (χ4v) is 4.47. The van der Waals surface area contributed by atoms with Crippen molar-refractivity contribution in [3.8, 4) is 0 Å². The number of nitrogens with zero attached hydrogens (tertiary/aromatic N) is 1. The minimum atomic E-state index is -0.305. The second kappa shape index (κ2) is 7.84. The molecular formula is C15H21NO3S2. The van der Waals surface area contributed by atoms with Crippen LogP contribution in [0, 0.1) is 6.92 Å². The number of esters is 1. The monoisotopic (exact) mass is 327 g/mol. The molecule has 1 saturated heterocycles. The Morgan fingerprint density at radius 1 is 1.43 bits per heavy atom. The number of aryl methyl sites for hydroxylation is 1. The summed E-state index contributed by atoms with van der Waals surface area (Å²) in [6.45, 7) is 4.65. The van der Waals surface area contributed by atoms with Gasteiger partial charge in [-0.05, 0) is 25.5 Å². The largest absolute Gasteiger partial charge is 0.464 e. The number of thiophene rings is 1. The standard InChI is InChI=1S/C15H21NO3S2/c1-3-4-5-8-19-14(18)9-16-13(17)10-20-15(16)12-7-6-11(2)21-12/h6-7,15H,3-5,8-10H2,1-2H3. The van der Waals surface area contributed by atoms with Gasteiger partial charge < -0.3 is 9.64 Å². The van der Waals surface area contributed by atoms with Crippen molar-refractivity contribution in [1.82, 2.24) is 4.90 Å². The Labute approximate surface area is 133 Å². The molecule has 1 fully saturated rings. The van der Waals surface area contributed by atoms with Crippen molar-refractivity contribution in [2.75, 3.05) is 18.9 Å². The molecule has 0 aliphatic carbocycles. The van der Waals surface area contributed by atoms with Crippen LogP contribution in [0.4, 0.5) is 0 Å². The van der Waals surface area contributed by atoms with Crippen molar-refractivity contribution in [3.63, 3.8) is 0 Å². The lowest BCUT2D eigenvalue weighted by molar-refractivity contribution is -0.148. The highest BCUT2D eigenvalue weighted by Gasteiger charge is 2.35. The van der Waals surface area contributed by atoms with E-state index in [1.54, 1.807) is 28.0 Å². The highest BCUT2D eigenvalue weighted by Crippen LogP contribution is 2.41. The third-order valence-electron chi connectivity index (χ3n) is 3.28. The number of ether oxygens (including phenoxy) is 1. The minimum Gasteiger partial charge on any atom is -0.464 e. The lowest BCUT2D eigenvalue weighted by Gasteiger charge is -2.22. The van der Waals surface area contributed by atoms with Crippen LogP contribution in [0.2, 0.25) is 0 Å². The summed E-state index contributed by atoms with van der Waals surface area (Å²) in [5, 5.41) is -0.0422. The first-order valence-electron chi connectivity index (χ1n) is 7.25. The molecule has 1 aromatic rings. The molecule has 2 heterocycles. The van der Waals surface area contributed by atoms with E-state index in [0.717, 1.165) is 24.1 Å². The van der Waals surface area contributed by atoms with Crippen LogP contribution in [0.5, 0.6) is 0 Å². The highest BCUT2D eigenvalue weighted by molar-refractivity contribution is 8.00. The van der Waals surface area contributed by atoms with Crippen molar-refractivity contribution in [2.45, 2.75) is 38.5 Å². The van der Waals surface area contributed by atoms with E-state index in [1.807, 2.05) is 19.1 Å². The van der Waals surface area contributed by atoms with Crippen molar-refractivity contribution < 1.29 is 14.3 Å². The third kappa shape index (κ3) is 4.48. The molecule has 1 aliphatic heterocycles. The van der Waals surface area contributed by atoms with Crippen molar-refractivity contribution in [2.24, 2.45) is 0 Å². The number of amides is 1. The summed E-state index contributed by atoms with van der Waals surface area (Å²) in [6.07, 6.45) is 3.04. The zero-order valence-electron chi connectivity index (χ0n) is 12.5. The first-order valence-corrected chi connectivity index (χ1v) is 9.11. The van der Waals surface area contributed by atoms with E-state index in [4.69, 9.17) is 4.74 Å². The summed E-state index contributed by atoms with van der Waals surface area (Å²) < 4.78 is 5.21. The number of carbonyl (C=O) groups excluding carboxylic acids is 2. The molecule has 1 amide bonds. The van der Waals surface area contributed by atoms with Crippen LogP contribution in [0.1, 0.15) is 41.3 Å². The SMILES string of the molecule is CCCCCOC(=O)CN1C(=O)CSC1c1ccc(C)s1. The Hall–Kier alpha value is -1.01. The van der Waals surface area contributed by atoms with Crippen molar-refractivity contribution in [1.29, 1.82) is 0 Å². The summed E-state index contributed by atoms with van der Waals surface area (Å²) in [4.78, 5) is 27.8. The maximum Gasteiger partial charge on any atom is 0.325 e. The first-order chi connectivity index (χ1) is 10.1. The van der Waals surface area contributed by atoms with Crippen molar-refractivity contribution >= 4 is 35.0 Å². The molecule has 0 radical (unpaired) electrons. The Morgan fingerprint density at radius 3 is 2.90 bits per heavy atom. The first kappa shape index (κ1) is 16.4. The van der Waals surface area contributed by atoms with Crippen LogP contribution in [0.15, 0.2) is 12.1 Å². The second-order valence-corrected chi connectivity index (χ2v) is 7.45. The summed E-state index contributed by atoms with van der Waals surface area (Å²) in [7, 11) is 0. The molecule has 0 aromatic carbocycles. The molecule has 21 heavy (non-hydrogen) atoms. The van der Waals surface area contributed by atoms with Crippen LogP contribution in [0.3, 0.4) is 0 Å². The van der Waals surface area contributed by atoms with Gasteiger partial charge in [-0.2, -0.15) is 0 Å². The van der Waals surface area contributed by atoms with Gasteiger partial charge in [0.1, 0.15) is 11.9 Å². The van der Waals surface area contributed by atoms with Gasteiger partial charge in [-0.1, -0.05) is 19.8 Å². The smallest absolute Gasteiger partial charge is 0.325 e. The molecule has 1 atom stereocenters. The molecule has 0 N–H and O–H groups in total. The number of unbranched alkanes of at least 4 members (excludes halogenated alkanes) is 2. The Kier molecular flexibility index (Phi) is 6.11. The van der Waals surface area contributed by atoms with Gasteiger partial charge >= 0.3 is 5.97 Å². The number of thioether (sulfide) groups is 1. The van der Waals surface area contributed by atoms with Gasteiger partial charge in [-0.3, -0.25) is 9.59 Å². The van der Waals surface area contributed by atoms with Gasteiger partial charge in [0.2, 0.25) is 5.91 Å². The molecule has 116 valence electrons. The minimum absolute atomic E-state index is 0.0153. The summed E-state index contributed by atoms with van der Waals surface area (Å²) in [5.74, 6) is 0.145. The zero-order chi connectivity index (χ0) is 15.2. The molecule has 1 aliphatic rings. The molecule has 0 saturated carbocycles. The summed E-state index contributed by atoms with van der Waals surface area (Å²) >= 11 is 3.25. The third-order valence-corrected chi connectivity index (χ3v) is 5.72. The van der Waals surface area contributed by atoms with Gasteiger partial charge in [0.05, 0.1) is 12.4 Å². The molecule has 6 heteroatoms. The van der Waals surface area contributed by atoms with Gasteiger partial charge in [0, 0.05) is 9.75 Å². The Balaban J connectivity index is 1.90. The van der Waals surface area contributed by atoms with Crippen LogP contribution in [-0.4, -0.2) is 35.7 Å². The normalized spacial score (nSPS) is 18.3. The molecular weight excluding hydrogens is 306 g/mol. The lowest BCUT2D eigenvalue weighted by Crippen LogP contribution is -2.34. The molecule has 4 nitrogen and oxygen atoms in total. The predicted molar refractivity (Wildman–Crippen MR) is 86.5 cm³/mol. The Bertz CT molecular complexity index is 501. The fraction of sp³-hybridized carbons (Fsp3) is 0.600. The molecule has 1 unspecified atom stereocenters. The molecule has 0 bridgehead atoms. The fourth-order valence-electron chi connectivity index (χ4n) is 2.17. The average molecular weight is 327 g/mol. The maximum absolute atomic E-state index is 12.0. The molecule has 1 aromatic heterocycles. The summed E-state index contributed by atoms with van der Waals surface area (Å²) in [6, 6.07) is 4.08. The summed E-state index contributed by atoms with van der Waals surface area (Å²) in [5.41, 5.74) is 0. The van der Waals surface area contributed by atoms with E-state index >= 15 is 0 Å². The van der Waals surface area contributed by atoms with E-state index in [0.29, 0.717) is 12.4 Å². The van der Waals surface area contributed by atoms with Crippen molar-refractivity contribution in [3.05, 3.63) is 21.9 Å². The lowest BCUT2D eigenvalue weighted by atomic mass is 10.3. The maximum atomic E-state index is 12.0. The average Bonchev–Trinajstić information content (AvgIpc) is 3.02. The van der Waals surface area contributed by atoms with Crippen LogP contribution >= 0.6 is 23.1 Å². The number of hydrogen-bond donors (Lipinski definition) is 0. The van der Waals surface area contributed by atoms with Crippen LogP contribution in [0.25, 0.3) is 0 Å². The second-order valence-electron chi connectivity index (χ2n) is 5.06. The Morgan fingerprint density at radius 2 is 2.24 bits per heavy atom. The van der Waals surface area contributed by atoms with E-state index in [1.165, 1.54) is 4.88 Å².